The van der Waals surface area contributed by atoms with Crippen LogP contribution in [0.15, 0.2) is 42.6 Å². The maximum Gasteiger partial charge on any atom is 0.149 e. The molecule has 3 heteroatoms. The minimum atomic E-state index is 0.777. The third-order valence-electron chi connectivity index (χ3n) is 2.11. The first-order chi connectivity index (χ1) is 7.34. The van der Waals surface area contributed by atoms with Crippen molar-refractivity contribution in [3.05, 3.63) is 53.7 Å². The molecular weight excluding hydrogens is 186 g/mol. The predicted molar refractivity (Wildman–Crippen MR) is 60.5 cm³/mol. The van der Waals surface area contributed by atoms with Crippen LogP contribution in [0.1, 0.15) is 11.1 Å². The van der Waals surface area contributed by atoms with E-state index in [0.29, 0.717) is 0 Å². The first kappa shape index (κ1) is 9.65. The summed E-state index contributed by atoms with van der Waals surface area (Å²) in [6, 6.07) is 12.2. The highest BCUT2D eigenvalue weighted by Crippen LogP contribution is 2.06. The van der Waals surface area contributed by atoms with Crippen molar-refractivity contribution in [1.29, 1.82) is 0 Å². The average molecular weight is 199 g/mol. The normalized spacial score (nSPS) is 9.93. The van der Waals surface area contributed by atoms with E-state index in [2.05, 4.69) is 27.6 Å². The molecule has 76 valence electrons. The molecule has 3 nitrogen and oxygen atoms in total. The molecule has 1 aromatic carbocycles. The van der Waals surface area contributed by atoms with Gasteiger partial charge in [-0.2, -0.15) is 5.10 Å². The van der Waals surface area contributed by atoms with Crippen molar-refractivity contribution < 1.29 is 0 Å². The Balaban J connectivity index is 1.99. The molecule has 0 aliphatic carbocycles. The Bertz CT molecular complexity index is 426. The third-order valence-corrected chi connectivity index (χ3v) is 2.11. The molecule has 1 N–H and O–H groups in total. The third kappa shape index (κ3) is 2.77. The SMILES string of the molecule is Cc1cnnc(NCc2ccccc2)c1. The van der Waals surface area contributed by atoms with Gasteiger partial charge in [-0.05, 0) is 24.1 Å². The van der Waals surface area contributed by atoms with Crippen LogP contribution in [-0.2, 0) is 6.54 Å². The standard InChI is InChI=1S/C12H13N3/c1-10-7-12(15-14-8-10)13-9-11-5-3-2-4-6-11/h2-8H,9H2,1H3,(H,13,15). The lowest BCUT2D eigenvalue weighted by Crippen LogP contribution is -2.02. The first-order valence-electron chi connectivity index (χ1n) is 4.92. The number of benzene rings is 1. The van der Waals surface area contributed by atoms with Gasteiger partial charge in [0.05, 0.1) is 6.20 Å². The van der Waals surface area contributed by atoms with Crippen LogP contribution >= 0.6 is 0 Å². The summed E-state index contributed by atoms with van der Waals surface area (Å²) in [4.78, 5) is 0. The Morgan fingerprint density at radius 1 is 1.20 bits per heavy atom. The quantitative estimate of drug-likeness (QED) is 0.824. The summed E-state index contributed by atoms with van der Waals surface area (Å²) in [5.74, 6) is 0.818. The van der Waals surface area contributed by atoms with Gasteiger partial charge < -0.3 is 5.32 Å². The van der Waals surface area contributed by atoms with E-state index in [0.717, 1.165) is 17.9 Å². The molecular formula is C12H13N3. The van der Waals surface area contributed by atoms with Crippen molar-refractivity contribution in [1.82, 2.24) is 10.2 Å². The van der Waals surface area contributed by atoms with Crippen LogP contribution < -0.4 is 5.32 Å². The zero-order chi connectivity index (χ0) is 10.5. The molecule has 0 fully saturated rings. The van der Waals surface area contributed by atoms with E-state index in [1.807, 2.05) is 31.2 Å². The van der Waals surface area contributed by atoms with Gasteiger partial charge in [-0.15, -0.1) is 5.10 Å². The summed E-state index contributed by atoms with van der Waals surface area (Å²) in [6.45, 7) is 2.78. The van der Waals surface area contributed by atoms with Gasteiger partial charge in [0, 0.05) is 6.54 Å². The van der Waals surface area contributed by atoms with Crippen LogP contribution in [0.2, 0.25) is 0 Å². The van der Waals surface area contributed by atoms with Crippen LogP contribution in [0.3, 0.4) is 0 Å². The zero-order valence-corrected chi connectivity index (χ0v) is 8.64. The monoisotopic (exact) mass is 199 g/mol. The molecule has 0 spiro atoms. The first-order valence-corrected chi connectivity index (χ1v) is 4.92. The van der Waals surface area contributed by atoms with Crippen molar-refractivity contribution >= 4 is 5.82 Å². The Hall–Kier alpha value is -1.90. The highest BCUT2D eigenvalue weighted by atomic mass is 15.2. The number of aryl methyl sites for hydroxylation is 1. The number of nitrogens with zero attached hydrogens (tertiary/aromatic N) is 2. The molecule has 0 aliphatic rings. The fraction of sp³-hybridized carbons (Fsp3) is 0.167. The lowest BCUT2D eigenvalue weighted by Gasteiger charge is -2.04. The van der Waals surface area contributed by atoms with Crippen LogP contribution in [0.25, 0.3) is 0 Å². The van der Waals surface area contributed by atoms with Crippen molar-refractivity contribution in [2.24, 2.45) is 0 Å². The molecule has 0 radical (unpaired) electrons. The molecule has 0 aliphatic heterocycles. The minimum absolute atomic E-state index is 0.777. The van der Waals surface area contributed by atoms with Crippen LogP contribution in [0.5, 0.6) is 0 Å². The summed E-state index contributed by atoms with van der Waals surface area (Å²) in [7, 11) is 0. The van der Waals surface area contributed by atoms with Crippen molar-refractivity contribution in [3.63, 3.8) is 0 Å². The number of rotatable bonds is 3. The molecule has 0 unspecified atom stereocenters. The molecule has 2 rings (SSSR count). The van der Waals surface area contributed by atoms with Crippen LogP contribution in [-0.4, -0.2) is 10.2 Å². The molecule has 1 heterocycles. The maximum atomic E-state index is 3.99. The van der Waals surface area contributed by atoms with E-state index in [4.69, 9.17) is 0 Å². The van der Waals surface area contributed by atoms with Crippen molar-refractivity contribution in [2.75, 3.05) is 5.32 Å². The summed E-state index contributed by atoms with van der Waals surface area (Å²) < 4.78 is 0. The summed E-state index contributed by atoms with van der Waals surface area (Å²) in [5.41, 5.74) is 2.35. The summed E-state index contributed by atoms with van der Waals surface area (Å²) >= 11 is 0. The fourth-order valence-corrected chi connectivity index (χ4v) is 1.34. The lowest BCUT2D eigenvalue weighted by molar-refractivity contribution is 0.988. The molecule has 15 heavy (non-hydrogen) atoms. The summed E-state index contributed by atoms with van der Waals surface area (Å²) in [5, 5.41) is 11.1. The van der Waals surface area contributed by atoms with Gasteiger partial charge in [0.1, 0.15) is 5.82 Å². The second-order valence-corrected chi connectivity index (χ2v) is 3.46. The Labute approximate surface area is 89.2 Å². The Kier molecular flexibility index (Phi) is 2.93. The Morgan fingerprint density at radius 3 is 2.73 bits per heavy atom. The summed E-state index contributed by atoms with van der Waals surface area (Å²) in [6.07, 6.45) is 1.74. The van der Waals surface area contributed by atoms with Crippen LogP contribution in [0.4, 0.5) is 5.82 Å². The van der Waals surface area contributed by atoms with Crippen molar-refractivity contribution in [2.45, 2.75) is 13.5 Å². The van der Waals surface area contributed by atoms with Gasteiger partial charge in [-0.25, -0.2) is 0 Å². The Morgan fingerprint density at radius 2 is 2.00 bits per heavy atom. The minimum Gasteiger partial charge on any atom is -0.364 e. The largest absolute Gasteiger partial charge is 0.364 e. The molecule has 2 aromatic rings. The van der Waals surface area contributed by atoms with Gasteiger partial charge in [-0.3, -0.25) is 0 Å². The molecule has 1 aromatic heterocycles. The van der Waals surface area contributed by atoms with E-state index in [1.165, 1.54) is 5.56 Å². The number of nitrogens with one attached hydrogen (secondary N) is 1. The topological polar surface area (TPSA) is 37.8 Å². The average Bonchev–Trinajstić information content (AvgIpc) is 2.28. The van der Waals surface area contributed by atoms with Gasteiger partial charge in [0.25, 0.3) is 0 Å². The van der Waals surface area contributed by atoms with Gasteiger partial charge in [-0.1, -0.05) is 30.3 Å². The number of anilines is 1. The number of hydrogen-bond acceptors (Lipinski definition) is 3. The zero-order valence-electron chi connectivity index (χ0n) is 8.64. The van der Waals surface area contributed by atoms with Crippen molar-refractivity contribution in [3.8, 4) is 0 Å². The molecule has 0 amide bonds. The van der Waals surface area contributed by atoms with Crippen LogP contribution in [0, 0.1) is 6.92 Å². The van der Waals surface area contributed by atoms with E-state index in [-0.39, 0.29) is 0 Å². The maximum absolute atomic E-state index is 3.99. The van der Waals surface area contributed by atoms with Gasteiger partial charge >= 0.3 is 0 Å². The molecule has 0 atom stereocenters. The second-order valence-electron chi connectivity index (χ2n) is 3.46. The smallest absolute Gasteiger partial charge is 0.149 e. The predicted octanol–water partition coefficient (Wildman–Crippen LogP) is 2.40. The highest BCUT2D eigenvalue weighted by Gasteiger charge is 1.95. The molecule has 0 bridgehead atoms. The highest BCUT2D eigenvalue weighted by molar-refractivity contribution is 5.36. The van der Waals surface area contributed by atoms with E-state index < -0.39 is 0 Å². The van der Waals surface area contributed by atoms with E-state index in [1.54, 1.807) is 6.20 Å². The molecule has 0 saturated heterocycles. The lowest BCUT2D eigenvalue weighted by atomic mass is 10.2. The number of hydrogen-bond donors (Lipinski definition) is 1. The fourth-order valence-electron chi connectivity index (χ4n) is 1.34. The van der Waals surface area contributed by atoms with Gasteiger partial charge in [0.2, 0.25) is 0 Å². The van der Waals surface area contributed by atoms with E-state index in [9.17, 15) is 0 Å². The molecule has 0 saturated carbocycles. The number of aromatic nitrogens is 2. The van der Waals surface area contributed by atoms with Gasteiger partial charge in [0.15, 0.2) is 0 Å². The second kappa shape index (κ2) is 4.55. The van der Waals surface area contributed by atoms with E-state index >= 15 is 0 Å².